The van der Waals surface area contributed by atoms with E-state index < -0.39 is 0 Å². The smallest absolute Gasteiger partial charge is 0.188 e. The molecule has 2 aromatic heterocycles. The third-order valence-electron chi connectivity index (χ3n) is 5.35. The second-order valence-corrected chi connectivity index (χ2v) is 8.83. The highest BCUT2D eigenvalue weighted by Gasteiger charge is 2.23. The highest BCUT2D eigenvalue weighted by atomic mass is 32.1. The van der Waals surface area contributed by atoms with Gasteiger partial charge < -0.3 is 10.1 Å². The van der Waals surface area contributed by atoms with Gasteiger partial charge in [-0.3, -0.25) is 9.88 Å². The Morgan fingerprint density at radius 2 is 2.00 bits per heavy atom. The Kier molecular flexibility index (Phi) is 6.06. The maximum Gasteiger partial charge on any atom is 0.188 e. The molecule has 1 N–H and O–H groups in total. The molecule has 1 aliphatic rings. The number of hydrogen-bond acceptors (Lipinski definition) is 7. The van der Waals surface area contributed by atoms with Gasteiger partial charge in [-0.25, -0.2) is 9.97 Å². The number of aryl methyl sites for hydroxylation is 2. The molecule has 0 spiro atoms. The summed E-state index contributed by atoms with van der Waals surface area (Å²) in [5, 5.41) is 4.13. The largest absolute Gasteiger partial charge is 0.496 e. The molecule has 1 aromatic carbocycles. The number of methoxy groups -OCH3 is 1. The lowest BCUT2D eigenvalue weighted by molar-refractivity contribution is 0.201. The van der Waals surface area contributed by atoms with E-state index in [0.717, 1.165) is 54.9 Å². The monoisotopic (exact) mass is 409 g/mol. The Balaban J connectivity index is 1.36. The number of aromatic nitrogens is 3. The summed E-state index contributed by atoms with van der Waals surface area (Å²) in [5.74, 6) is 2.19. The van der Waals surface area contributed by atoms with Gasteiger partial charge in [0.25, 0.3) is 0 Å². The molecular formula is C22H27N5OS. The van der Waals surface area contributed by atoms with Crippen LogP contribution in [0.4, 0.5) is 10.9 Å². The standard InChI is InChI=1S/C22H27N5OS/c1-15-4-5-18(20(10-15)28-3)14-27-8-6-17(7-9-27)19-12-23-13-21(25-19)26-22-24-11-16(2)29-22/h4-5,10-13,17H,6-9,14H2,1-3H3,(H,24,25,26). The lowest BCUT2D eigenvalue weighted by atomic mass is 9.93. The van der Waals surface area contributed by atoms with Crippen LogP contribution in [0.5, 0.6) is 5.75 Å². The number of rotatable bonds is 6. The van der Waals surface area contributed by atoms with Crippen molar-refractivity contribution >= 4 is 22.3 Å². The molecule has 3 aromatic rings. The van der Waals surface area contributed by atoms with E-state index in [2.05, 4.69) is 45.3 Å². The van der Waals surface area contributed by atoms with Crippen LogP contribution in [0, 0.1) is 13.8 Å². The maximum atomic E-state index is 5.57. The first-order valence-electron chi connectivity index (χ1n) is 9.98. The molecule has 1 fully saturated rings. The minimum atomic E-state index is 0.443. The number of nitrogens with zero attached hydrogens (tertiary/aromatic N) is 4. The molecule has 152 valence electrons. The van der Waals surface area contributed by atoms with Gasteiger partial charge in [0, 0.05) is 35.3 Å². The van der Waals surface area contributed by atoms with Gasteiger partial charge in [0.05, 0.1) is 19.0 Å². The minimum absolute atomic E-state index is 0.443. The molecule has 0 radical (unpaired) electrons. The van der Waals surface area contributed by atoms with Gasteiger partial charge in [-0.15, -0.1) is 11.3 Å². The van der Waals surface area contributed by atoms with Crippen molar-refractivity contribution in [2.24, 2.45) is 0 Å². The van der Waals surface area contributed by atoms with Gasteiger partial charge in [0.15, 0.2) is 10.9 Å². The van der Waals surface area contributed by atoms with Crippen LogP contribution in [0.25, 0.3) is 0 Å². The van der Waals surface area contributed by atoms with E-state index in [9.17, 15) is 0 Å². The first-order chi connectivity index (χ1) is 14.1. The average molecular weight is 410 g/mol. The average Bonchev–Trinajstić information content (AvgIpc) is 3.14. The second-order valence-electron chi connectivity index (χ2n) is 7.60. The lowest BCUT2D eigenvalue weighted by Gasteiger charge is -2.32. The van der Waals surface area contributed by atoms with Crippen LogP contribution in [-0.2, 0) is 6.54 Å². The molecule has 4 rings (SSSR count). The Labute approximate surface area is 176 Å². The van der Waals surface area contributed by atoms with Gasteiger partial charge in [-0.05, 0) is 51.4 Å². The molecule has 0 saturated carbocycles. The molecule has 29 heavy (non-hydrogen) atoms. The summed E-state index contributed by atoms with van der Waals surface area (Å²) in [6, 6.07) is 6.45. The van der Waals surface area contributed by atoms with Crippen LogP contribution >= 0.6 is 11.3 Å². The van der Waals surface area contributed by atoms with Gasteiger partial charge in [-0.1, -0.05) is 12.1 Å². The number of likely N-dealkylation sites (tertiary alicyclic amines) is 1. The summed E-state index contributed by atoms with van der Waals surface area (Å²) in [7, 11) is 1.75. The van der Waals surface area contributed by atoms with E-state index >= 15 is 0 Å². The van der Waals surface area contributed by atoms with Crippen LogP contribution in [0.2, 0.25) is 0 Å². The fourth-order valence-corrected chi connectivity index (χ4v) is 4.44. The van der Waals surface area contributed by atoms with Crippen LogP contribution in [0.1, 0.15) is 40.5 Å². The van der Waals surface area contributed by atoms with Crippen molar-refractivity contribution < 1.29 is 4.74 Å². The van der Waals surface area contributed by atoms with Crippen LogP contribution in [-0.4, -0.2) is 40.1 Å². The summed E-state index contributed by atoms with van der Waals surface area (Å²) in [4.78, 5) is 17.2. The van der Waals surface area contributed by atoms with E-state index in [1.807, 2.05) is 19.3 Å². The zero-order valence-corrected chi connectivity index (χ0v) is 18.0. The highest BCUT2D eigenvalue weighted by molar-refractivity contribution is 7.15. The molecule has 7 heteroatoms. The zero-order chi connectivity index (χ0) is 20.2. The first-order valence-corrected chi connectivity index (χ1v) is 10.8. The molecule has 0 atom stereocenters. The molecule has 1 aliphatic heterocycles. The minimum Gasteiger partial charge on any atom is -0.496 e. The van der Waals surface area contributed by atoms with E-state index in [1.54, 1.807) is 24.6 Å². The summed E-state index contributed by atoms with van der Waals surface area (Å²) in [5.41, 5.74) is 3.54. The molecule has 0 amide bonds. The Bertz CT molecular complexity index is 965. The number of benzene rings is 1. The number of hydrogen-bond donors (Lipinski definition) is 1. The van der Waals surface area contributed by atoms with Gasteiger partial charge in [-0.2, -0.15) is 0 Å². The van der Waals surface area contributed by atoms with E-state index in [-0.39, 0.29) is 0 Å². The van der Waals surface area contributed by atoms with E-state index in [1.165, 1.54) is 16.0 Å². The second kappa shape index (κ2) is 8.88. The van der Waals surface area contributed by atoms with Gasteiger partial charge in [0.2, 0.25) is 0 Å². The zero-order valence-electron chi connectivity index (χ0n) is 17.2. The van der Waals surface area contributed by atoms with Gasteiger partial charge in [0.1, 0.15) is 5.75 Å². The number of piperidine rings is 1. The highest BCUT2D eigenvalue weighted by Crippen LogP contribution is 2.30. The number of thiazole rings is 1. The van der Waals surface area contributed by atoms with Crippen molar-refractivity contribution in [1.29, 1.82) is 0 Å². The van der Waals surface area contributed by atoms with E-state index in [4.69, 9.17) is 9.72 Å². The molecule has 3 heterocycles. The predicted octanol–water partition coefficient (Wildman–Crippen LogP) is 4.68. The quantitative estimate of drug-likeness (QED) is 0.638. The summed E-state index contributed by atoms with van der Waals surface area (Å²) >= 11 is 1.62. The van der Waals surface area contributed by atoms with Crippen molar-refractivity contribution in [2.45, 2.75) is 39.2 Å². The van der Waals surface area contributed by atoms with Crippen LogP contribution < -0.4 is 10.1 Å². The summed E-state index contributed by atoms with van der Waals surface area (Å²) in [6.45, 7) is 7.16. The Hall–Kier alpha value is -2.51. The molecule has 0 aliphatic carbocycles. The Morgan fingerprint density at radius 1 is 1.17 bits per heavy atom. The summed E-state index contributed by atoms with van der Waals surface area (Å²) in [6.07, 6.45) is 7.70. The SMILES string of the molecule is COc1cc(C)ccc1CN1CCC(c2cncc(Nc3ncc(C)s3)n2)CC1. The predicted molar refractivity (Wildman–Crippen MR) is 117 cm³/mol. The van der Waals surface area contributed by atoms with Crippen molar-refractivity contribution in [3.63, 3.8) is 0 Å². The first kappa shape index (κ1) is 19.8. The third-order valence-corrected chi connectivity index (χ3v) is 6.18. The molecule has 1 saturated heterocycles. The van der Waals surface area contributed by atoms with Gasteiger partial charge >= 0.3 is 0 Å². The van der Waals surface area contributed by atoms with E-state index in [0.29, 0.717) is 5.92 Å². The number of anilines is 2. The van der Waals surface area contributed by atoms with Crippen molar-refractivity contribution in [1.82, 2.24) is 19.9 Å². The molecule has 6 nitrogen and oxygen atoms in total. The van der Waals surface area contributed by atoms with Crippen molar-refractivity contribution in [3.05, 3.63) is 58.5 Å². The lowest BCUT2D eigenvalue weighted by Crippen LogP contribution is -2.32. The molecule has 0 bridgehead atoms. The molecule has 0 unspecified atom stereocenters. The summed E-state index contributed by atoms with van der Waals surface area (Å²) < 4.78 is 5.57. The fourth-order valence-electron chi connectivity index (χ4n) is 3.77. The number of ether oxygens (including phenoxy) is 1. The van der Waals surface area contributed by atoms with Crippen molar-refractivity contribution in [2.75, 3.05) is 25.5 Å². The fraction of sp³-hybridized carbons (Fsp3) is 0.409. The topological polar surface area (TPSA) is 63.2 Å². The van der Waals surface area contributed by atoms with Crippen LogP contribution in [0.15, 0.2) is 36.8 Å². The Morgan fingerprint density at radius 3 is 2.72 bits per heavy atom. The normalized spacial score (nSPS) is 15.4. The maximum absolute atomic E-state index is 5.57. The third kappa shape index (κ3) is 4.92. The number of nitrogens with one attached hydrogen (secondary N) is 1. The molecular weight excluding hydrogens is 382 g/mol. The van der Waals surface area contributed by atoms with Crippen molar-refractivity contribution in [3.8, 4) is 5.75 Å². The van der Waals surface area contributed by atoms with Crippen LogP contribution in [0.3, 0.4) is 0 Å².